The third kappa shape index (κ3) is 5.30. The Morgan fingerprint density at radius 3 is 2.19 bits per heavy atom. The third-order valence-electron chi connectivity index (χ3n) is 5.62. The fourth-order valence-electron chi connectivity index (χ4n) is 4.12. The normalized spacial score (nSPS) is 21.9. The maximum atomic E-state index is 3.95. The first-order chi connectivity index (χ1) is 13.3. The lowest BCUT2D eigenvalue weighted by Gasteiger charge is -2.33. The zero-order chi connectivity index (χ0) is 18.9. The minimum Gasteiger partial charge on any atom is -0.303 e. The molecule has 1 nitrogen and oxygen atoms in total. The van der Waals surface area contributed by atoms with Gasteiger partial charge in [0.2, 0.25) is 0 Å². The average Bonchev–Trinajstić information content (AvgIpc) is 2.75. The Bertz CT molecular complexity index is 749. The lowest BCUT2D eigenvalue weighted by atomic mass is 9.81. The molecule has 2 aromatic rings. The van der Waals surface area contributed by atoms with Gasteiger partial charge < -0.3 is 5.32 Å². The summed E-state index contributed by atoms with van der Waals surface area (Å²) in [4.78, 5) is 0. The van der Waals surface area contributed by atoms with Crippen molar-refractivity contribution in [3.8, 4) is 0 Å². The quantitative estimate of drug-likeness (QED) is 0.542. The van der Waals surface area contributed by atoms with Crippen molar-refractivity contribution in [3.63, 3.8) is 0 Å². The van der Waals surface area contributed by atoms with Crippen LogP contribution in [0.1, 0.15) is 55.7 Å². The molecule has 1 saturated carbocycles. The molecule has 1 heteroatoms. The molecule has 0 radical (unpaired) electrons. The van der Waals surface area contributed by atoms with Gasteiger partial charge in [-0.05, 0) is 55.2 Å². The number of hydrogen-bond acceptors (Lipinski definition) is 1. The Labute approximate surface area is 164 Å². The van der Waals surface area contributed by atoms with Crippen LogP contribution in [0.2, 0.25) is 0 Å². The van der Waals surface area contributed by atoms with Crippen LogP contribution in [0.4, 0.5) is 0 Å². The van der Waals surface area contributed by atoms with E-state index in [-0.39, 0.29) is 6.04 Å². The van der Waals surface area contributed by atoms with Crippen LogP contribution in [0, 0.1) is 0 Å². The minimum atomic E-state index is 0.227. The van der Waals surface area contributed by atoms with Crippen LogP contribution in [0.15, 0.2) is 97.1 Å². The van der Waals surface area contributed by atoms with Crippen molar-refractivity contribution in [2.45, 2.75) is 50.6 Å². The molecule has 1 atom stereocenters. The second-order valence-electron chi connectivity index (χ2n) is 7.35. The van der Waals surface area contributed by atoms with Crippen molar-refractivity contribution in [2.75, 3.05) is 0 Å². The Morgan fingerprint density at radius 2 is 1.59 bits per heavy atom. The van der Waals surface area contributed by atoms with Crippen molar-refractivity contribution in [1.82, 2.24) is 5.32 Å². The molecule has 1 N–H and O–H groups in total. The van der Waals surface area contributed by atoms with Crippen molar-refractivity contribution in [3.05, 3.63) is 108 Å². The molecule has 1 unspecified atom stereocenters. The molecule has 2 aromatic carbocycles. The van der Waals surface area contributed by atoms with Crippen LogP contribution in [-0.2, 0) is 0 Å². The molecule has 140 valence electrons. The molecule has 0 aromatic heterocycles. The van der Waals surface area contributed by atoms with Crippen LogP contribution in [0.3, 0.4) is 0 Å². The van der Waals surface area contributed by atoms with Gasteiger partial charge in [0.05, 0.1) is 6.04 Å². The molecule has 0 spiro atoms. The second kappa shape index (κ2) is 10.1. The highest BCUT2D eigenvalue weighted by atomic mass is 15.0. The Morgan fingerprint density at radius 1 is 0.963 bits per heavy atom. The first-order valence-corrected chi connectivity index (χ1v) is 10.1. The van der Waals surface area contributed by atoms with Crippen molar-refractivity contribution >= 4 is 0 Å². The first kappa shape index (κ1) is 19.4. The molecule has 0 bridgehead atoms. The third-order valence-corrected chi connectivity index (χ3v) is 5.62. The summed E-state index contributed by atoms with van der Waals surface area (Å²) in [6.45, 7) is 5.94. The van der Waals surface area contributed by atoms with E-state index in [1.807, 2.05) is 12.2 Å². The van der Waals surface area contributed by atoms with Crippen LogP contribution in [0.5, 0.6) is 0 Å². The molecule has 0 heterocycles. The summed E-state index contributed by atoms with van der Waals surface area (Å²) < 4.78 is 0. The zero-order valence-corrected chi connectivity index (χ0v) is 16.4. The van der Waals surface area contributed by atoms with Gasteiger partial charge in [0.15, 0.2) is 0 Å². The van der Waals surface area contributed by atoms with E-state index >= 15 is 0 Å². The van der Waals surface area contributed by atoms with Crippen LogP contribution in [-0.4, -0.2) is 6.04 Å². The second-order valence-corrected chi connectivity index (χ2v) is 7.35. The van der Waals surface area contributed by atoms with Crippen molar-refractivity contribution < 1.29 is 0 Å². The molecule has 1 aliphatic rings. The van der Waals surface area contributed by atoms with E-state index in [0.29, 0.717) is 12.0 Å². The van der Waals surface area contributed by atoms with Gasteiger partial charge in [-0.2, -0.15) is 0 Å². The van der Waals surface area contributed by atoms with E-state index in [1.165, 1.54) is 42.4 Å². The number of rotatable bonds is 7. The van der Waals surface area contributed by atoms with Gasteiger partial charge in [0.25, 0.3) is 0 Å². The highest BCUT2D eigenvalue weighted by molar-refractivity contribution is 5.35. The summed E-state index contributed by atoms with van der Waals surface area (Å²) in [6, 6.07) is 22.6. The van der Waals surface area contributed by atoms with Gasteiger partial charge in [-0.1, -0.05) is 91.5 Å². The van der Waals surface area contributed by atoms with Crippen LogP contribution >= 0.6 is 0 Å². The summed E-state index contributed by atoms with van der Waals surface area (Å²) in [5.74, 6) is 0.710. The number of nitrogens with one attached hydrogen (secondary N) is 1. The summed E-state index contributed by atoms with van der Waals surface area (Å²) in [7, 11) is 0. The number of benzene rings is 2. The summed E-state index contributed by atoms with van der Waals surface area (Å²) in [6.07, 6.45) is 13.2. The molecule has 0 amide bonds. The number of hydrogen-bond donors (Lipinski definition) is 1. The van der Waals surface area contributed by atoms with E-state index in [9.17, 15) is 0 Å². The van der Waals surface area contributed by atoms with Gasteiger partial charge in [-0.3, -0.25) is 0 Å². The highest BCUT2D eigenvalue weighted by Crippen LogP contribution is 2.34. The maximum Gasteiger partial charge on any atom is 0.0575 e. The summed E-state index contributed by atoms with van der Waals surface area (Å²) in [5.41, 5.74) is 4.12. The predicted octanol–water partition coefficient (Wildman–Crippen LogP) is 6.73. The average molecular weight is 358 g/mol. The molecule has 0 saturated heterocycles. The topological polar surface area (TPSA) is 12.0 Å². The van der Waals surface area contributed by atoms with Gasteiger partial charge >= 0.3 is 0 Å². The van der Waals surface area contributed by atoms with E-state index in [0.717, 1.165) is 0 Å². The highest BCUT2D eigenvalue weighted by Gasteiger charge is 2.25. The van der Waals surface area contributed by atoms with Gasteiger partial charge in [0, 0.05) is 6.04 Å². The molecule has 1 fully saturated rings. The van der Waals surface area contributed by atoms with Crippen LogP contribution in [0.25, 0.3) is 0 Å². The fourth-order valence-corrected chi connectivity index (χ4v) is 4.12. The molecule has 3 rings (SSSR count). The molecule has 27 heavy (non-hydrogen) atoms. The Hall–Kier alpha value is -2.38. The molecule has 0 aliphatic heterocycles. The lowest BCUT2D eigenvalue weighted by molar-refractivity contribution is 0.327. The van der Waals surface area contributed by atoms with E-state index in [4.69, 9.17) is 0 Å². The van der Waals surface area contributed by atoms with Gasteiger partial charge in [-0.25, -0.2) is 0 Å². The lowest BCUT2D eigenvalue weighted by Crippen LogP contribution is -2.36. The summed E-state index contributed by atoms with van der Waals surface area (Å²) >= 11 is 0. The van der Waals surface area contributed by atoms with E-state index in [1.54, 1.807) is 0 Å². The fraction of sp³-hybridized carbons (Fsp3) is 0.308. The largest absolute Gasteiger partial charge is 0.303 e. The van der Waals surface area contributed by atoms with E-state index in [2.05, 4.69) is 91.6 Å². The SMILES string of the molecule is C=C/C=C\C(=C/C)C(NC1CCC(c2ccccc2)CC1)c1ccccc1. The van der Waals surface area contributed by atoms with Crippen LogP contribution < -0.4 is 5.32 Å². The Balaban J connectivity index is 1.70. The standard InChI is InChI=1S/C26H31N/c1-3-5-12-21(4-2)26(24-15-10-7-11-16-24)27-25-19-17-23(18-20-25)22-13-8-6-9-14-22/h3-16,23,25-27H,1,17-20H2,2H3/b12-5-,21-4+. The molecular weight excluding hydrogens is 326 g/mol. The monoisotopic (exact) mass is 357 g/mol. The van der Waals surface area contributed by atoms with Crippen molar-refractivity contribution in [2.24, 2.45) is 0 Å². The smallest absolute Gasteiger partial charge is 0.0575 e. The zero-order valence-electron chi connectivity index (χ0n) is 16.4. The molecular formula is C26H31N. The van der Waals surface area contributed by atoms with Gasteiger partial charge in [0.1, 0.15) is 0 Å². The van der Waals surface area contributed by atoms with Gasteiger partial charge in [-0.15, -0.1) is 0 Å². The maximum absolute atomic E-state index is 3.95. The summed E-state index contributed by atoms with van der Waals surface area (Å²) in [5, 5.41) is 3.95. The van der Waals surface area contributed by atoms with E-state index < -0.39 is 0 Å². The molecule has 1 aliphatic carbocycles. The number of allylic oxidation sites excluding steroid dienone is 3. The first-order valence-electron chi connectivity index (χ1n) is 10.1. The van der Waals surface area contributed by atoms with Crippen molar-refractivity contribution in [1.29, 1.82) is 0 Å². The Kier molecular flexibility index (Phi) is 7.24. The minimum absolute atomic E-state index is 0.227. The predicted molar refractivity (Wildman–Crippen MR) is 117 cm³/mol.